The summed E-state index contributed by atoms with van der Waals surface area (Å²) in [6, 6.07) is 0. The van der Waals surface area contributed by atoms with Gasteiger partial charge in [0.1, 0.15) is 0 Å². The molecular weight excluding hydrogens is 378 g/mol. The quantitative estimate of drug-likeness (QED) is 0.450. The molecule has 0 aromatic rings. The fourth-order valence-electron chi connectivity index (χ4n) is 0.761. The Morgan fingerprint density at radius 1 is 0.562 bits per heavy atom. The van der Waals surface area contributed by atoms with Crippen molar-refractivity contribution < 1.29 is 0 Å². The number of halogens is 4. The third-order valence-corrected chi connectivity index (χ3v) is 13.9. The van der Waals surface area contributed by atoms with Crippen LogP contribution in [0.3, 0.4) is 0 Å². The molecule has 0 spiro atoms. The Hall–Kier alpha value is 1.92. The van der Waals surface area contributed by atoms with Gasteiger partial charge in [0.05, 0.1) is 0 Å². The van der Waals surface area contributed by atoms with Crippen LogP contribution in [0.2, 0.25) is 0 Å². The van der Waals surface area contributed by atoms with E-state index in [1.54, 1.807) is 0 Å². The second-order valence-electron chi connectivity index (χ2n) is 2.67. The number of nitrogens with zero attached hydrogens (tertiary/aromatic N) is 4. The summed E-state index contributed by atoms with van der Waals surface area (Å²) in [6.07, 6.45) is 0. The lowest BCUT2D eigenvalue weighted by Crippen LogP contribution is -2.04. The van der Waals surface area contributed by atoms with Gasteiger partial charge in [-0.1, -0.05) is 0 Å². The van der Waals surface area contributed by atoms with Gasteiger partial charge < -0.3 is 0 Å². The molecule has 8 N–H and O–H groups in total. The zero-order chi connectivity index (χ0) is 12.8. The van der Waals surface area contributed by atoms with E-state index in [2.05, 4.69) is 18.1 Å². The molecule has 0 bridgehead atoms. The van der Waals surface area contributed by atoms with Gasteiger partial charge >= 0.3 is 0 Å². The van der Waals surface area contributed by atoms with Crippen LogP contribution >= 0.6 is 71.8 Å². The first-order chi connectivity index (χ1) is 6.83. The van der Waals surface area contributed by atoms with Crippen molar-refractivity contribution >= 4 is 71.8 Å². The van der Waals surface area contributed by atoms with Crippen LogP contribution in [0.1, 0.15) is 0 Å². The molecular formula is H8Cl4N8P4. The smallest absolute Gasteiger partial charge is 0.257 e. The first-order valence-corrected chi connectivity index (χ1v) is 14.0. The minimum atomic E-state index is -3.20. The third kappa shape index (κ3) is 5.27. The van der Waals surface area contributed by atoms with E-state index >= 15 is 0 Å². The van der Waals surface area contributed by atoms with Crippen LogP contribution < -0.4 is 22.0 Å². The van der Waals surface area contributed by atoms with Crippen molar-refractivity contribution in [3.8, 4) is 0 Å². The van der Waals surface area contributed by atoms with Gasteiger partial charge in [-0.05, 0) is 45.0 Å². The first kappa shape index (κ1) is 16.0. The normalized spacial score (nSPS) is 29.5. The van der Waals surface area contributed by atoms with Gasteiger partial charge in [0.2, 0.25) is 15.0 Å². The van der Waals surface area contributed by atoms with Crippen molar-refractivity contribution in [3.63, 3.8) is 0 Å². The Morgan fingerprint density at radius 2 is 0.812 bits per heavy atom. The van der Waals surface area contributed by atoms with Crippen LogP contribution in [0, 0.1) is 0 Å². The average Bonchev–Trinajstić information content (AvgIpc) is 1.67. The van der Waals surface area contributed by atoms with Crippen LogP contribution in [-0.4, -0.2) is 0 Å². The molecule has 1 rings (SSSR count). The highest BCUT2D eigenvalue weighted by Gasteiger charge is 2.27. The molecule has 8 nitrogen and oxygen atoms in total. The molecule has 0 radical (unpaired) electrons. The van der Waals surface area contributed by atoms with E-state index in [1.165, 1.54) is 0 Å². The minimum absolute atomic E-state index is 3.17. The number of hydrogen-bond donors (Lipinski definition) is 4. The van der Waals surface area contributed by atoms with Gasteiger partial charge in [-0.25, -0.2) is 0 Å². The lowest BCUT2D eigenvalue weighted by molar-refractivity contribution is 1.56. The predicted molar refractivity (Wildman–Crippen MR) is 77.6 cm³/mol. The van der Waals surface area contributed by atoms with Crippen molar-refractivity contribution in [2.45, 2.75) is 0 Å². The van der Waals surface area contributed by atoms with Crippen molar-refractivity contribution in [1.29, 1.82) is 0 Å². The maximum atomic E-state index is 5.80. The molecule has 0 unspecified atom stereocenters. The Kier molecular flexibility index (Phi) is 4.78. The zero-order valence-corrected chi connectivity index (χ0v) is 14.0. The Bertz CT molecular complexity index is 386. The molecule has 0 aromatic heterocycles. The van der Waals surface area contributed by atoms with Crippen molar-refractivity contribution in [1.82, 2.24) is 0 Å². The number of rotatable bonds is 0. The highest BCUT2D eigenvalue weighted by Crippen LogP contribution is 2.78. The molecule has 0 aromatic carbocycles. The van der Waals surface area contributed by atoms with Crippen LogP contribution in [0.15, 0.2) is 18.1 Å². The van der Waals surface area contributed by atoms with E-state index in [9.17, 15) is 0 Å². The summed E-state index contributed by atoms with van der Waals surface area (Å²) in [4.78, 5) is 0. The van der Waals surface area contributed by atoms with Crippen molar-refractivity contribution in [2.24, 2.45) is 40.1 Å². The molecule has 0 aliphatic carbocycles. The molecule has 0 saturated heterocycles. The summed E-state index contributed by atoms with van der Waals surface area (Å²) in [7, 11) is -6.33. The average molecular weight is 386 g/mol. The fraction of sp³-hybridized carbons (Fsp3) is 0. The highest BCUT2D eigenvalue weighted by atomic mass is 35.9. The molecule has 0 fully saturated rings. The second-order valence-corrected chi connectivity index (χ2v) is 16.9. The van der Waals surface area contributed by atoms with Crippen LogP contribution in [0.5, 0.6) is 0 Å². The predicted octanol–water partition coefficient (Wildman–Crippen LogP) is 4.57. The maximum absolute atomic E-state index is 5.80. The van der Waals surface area contributed by atoms with Crippen LogP contribution in [0.25, 0.3) is 0 Å². The van der Waals surface area contributed by atoms with Crippen molar-refractivity contribution in [3.05, 3.63) is 0 Å². The topological polar surface area (TPSA) is 154 Å². The second kappa shape index (κ2) is 4.79. The third-order valence-electron chi connectivity index (χ3n) is 1.00. The van der Waals surface area contributed by atoms with Crippen LogP contribution in [-0.2, 0) is 0 Å². The summed E-state index contributed by atoms with van der Waals surface area (Å²) in [6.45, 7) is 0. The van der Waals surface area contributed by atoms with Gasteiger partial charge in [0.15, 0.2) is 0 Å². The van der Waals surface area contributed by atoms with Gasteiger partial charge in [-0.15, -0.1) is 0 Å². The molecule has 1 aliphatic rings. The minimum Gasteiger partial charge on any atom is -0.267 e. The Balaban J connectivity index is 3.67. The largest absolute Gasteiger partial charge is 0.267 e. The Morgan fingerprint density at radius 3 is 1.06 bits per heavy atom. The molecule has 0 amide bonds. The molecule has 96 valence electrons. The first-order valence-electron chi connectivity index (χ1n) is 3.31. The van der Waals surface area contributed by atoms with E-state index in [0.29, 0.717) is 0 Å². The molecule has 0 atom stereocenters. The molecule has 1 aliphatic heterocycles. The standard InChI is InChI=1S/Cl4H8N8P4/c1-13(2)9-15(5,6)11-14(3,4)12-16(7,8)10-13/h5-8H2. The van der Waals surface area contributed by atoms with Gasteiger partial charge in [-0.3, -0.25) is 22.0 Å². The number of hydrogen-bond acceptors (Lipinski definition) is 8. The molecule has 16 heavy (non-hydrogen) atoms. The number of nitrogens with two attached hydrogens (primary N) is 4. The SMILES string of the molecule is NP1(N)=NP(Cl)(Cl)=NP(N)(N)=NP(Cl)(Cl)=N1. The lowest BCUT2D eigenvalue weighted by atomic mass is 13.8. The van der Waals surface area contributed by atoms with E-state index in [4.69, 9.17) is 67.0 Å². The summed E-state index contributed by atoms with van der Waals surface area (Å²) in [5, 5.41) is 0. The van der Waals surface area contributed by atoms with E-state index in [1.807, 2.05) is 0 Å². The van der Waals surface area contributed by atoms with Gasteiger partial charge in [0.25, 0.3) is 11.8 Å². The fourth-order valence-corrected chi connectivity index (χ4v) is 15.9. The molecule has 0 saturated carbocycles. The summed E-state index contributed by atoms with van der Waals surface area (Å²) in [5.74, 6) is -6.40. The summed E-state index contributed by atoms with van der Waals surface area (Å²) in [5.41, 5.74) is 22.3. The summed E-state index contributed by atoms with van der Waals surface area (Å²) < 4.78 is 14.9. The molecule has 1 heterocycles. The maximum Gasteiger partial charge on any atom is 0.257 e. The van der Waals surface area contributed by atoms with Crippen molar-refractivity contribution in [2.75, 3.05) is 0 Å². The van der Waals surface area contributed by atoms with Gasteiger partial charge in [0, 0.05) is 0 Å². The highest BCUT2D eigenvalue weighted by molar-refractivity contribution is 8.16. The zero-order valence-electron chi connectivity index (χ0n) is 7.40. The van der Waals surface area contributed by atoms with E-state index < -0.39 is 26.8 Å². The van der Waals surface area contributed by atoms with Gasteiger partial charge in [-0.2, -0.15) is 18.1 Å². The molecule has 16 heteroatoms. The van der Waals surface area contributed by atoms with E-state index in [0.717, 1.165) is 0 Å². The lowest BCUT2D eigenvalue weighted by Gasteiger charge is -2.20. The summed E-state index contributed by atoms with van der Waals surface area (Å²) >= 11 is 23.2. The van der Waals surface area contributed by atoms with Crippen LogP contribution in [0.4, 0.5) is 0 Å². The Labute approximate surface area is 112 Å². The monoisotopic (exact) mass is 384 g/mol. The van der Waals surface area contributed by atoms with E-state index in [-0.39, 0.29) is 0 Å².